The van der Waals surface area contributed by atoms with Gasteiger partial charge in [-0.15, -0.1) is 0 Å². The molecule has 0 fully saturated rings. The van der Waals surface area contributed by atoms with E-state index in [2.05, 4.69) is 5.32 Å². The highest BCUT2D eigenvalue weighted by molar-refractivity contribution is 6.44. The highest BCUT2D eigenvalue weighted by Crippen LogP contribution is 2.32. The first-order valence-electron chi connectivity index (χ1n) is 5.08. The summed E-state index contributed by atoms with van der Waals surface area (Å²) in [6, 6.07) is 2.87. The molecule has 17 heavy (non-hydrogen) atoms. The van der Waals surface area contributed by atoms with Gasteiger partial charge in [0.25, 0.3) is 5.91 Å². The SMILES string of the molecule is C[C@@H](C(=O)Nc1cc(Cl)c(Cl)cc1Cl)[NH+](C)C. The molecule has 0 aliphatic carbocycles. The molecule has 2 N–H and O–H groups in total. The number of likely N-dealkylation sites (N-methyl/N-ethyl adjacent to an activating group) is 1. The van der Waals surface area contributed by atoms with Gasteiger partial charge in [-0.25, -0.2) is 0 Å². The molecular weight excluding hydrogens is 282 g/mol. The lowest BCUT2D eigenvalue weighted by molar-refractivity contribution is -0.873. The Morgan fingerprint density at radius 3 is 2.24 bits per heavy atom. The van der Waals surface area contributed by atoms with Gasteiger partial charge < -0.3 is 10.2 Å². The average Bonchev–Trinajstić information content (AvgIpc) is 2.24. The minimum atomic E-state index is -0.180. The fraction of sp³-hybridized carbons (Fsp3) is 0.364. The summed E-state index contributed by atoms with van der Waals surface area (Å²) < 4.78 is 0. The molecule has 94 valence electrons. The van der Waals surface area contributed by atoms with E-state index in [-0.39, 0.29) is 11.9 Å². The smallest absolute Gasteiger partial charge is 0.282 e. The molecule has 0 aliphatic rings. The summed E-state index contributed by atoms with van der Waals surface area (Å²) in [5.74, 6) is -0.120. The van der Waals surface area contributed by atoms with Crippen molar-refractivity contribution in [3.05, 3.63) is 27.2 Å². The quantitative estimate of drug-likeness (QED) is 0.823. The molecule has 1 rings (SSSR count). The Morgan fingerprint density at radius 1 is 1.18 bits per heavy atom. The predicted molar refractivity (Wildman–Crippen MR) is 72.4 cm³/mol. The Morgan fingerprint density at radius 2 is 1.71 bits per heavy atom. The van der Waals surface area contributed by atoms with E-state index in [0.29, 0.717) is 20.8 Å². The zero-order valence-electron chi connectivity index (χ0n) is 9.77. The van der Waals surface area contributed by atoms with Crippen molar-refractivity contribution in [2.45, 2.75) is 13.0 Å². The Kier molecular flexibility index (Phi) is 5.07. The monoisotopic (exact) mass is 295 g/mol. The van der Waals surface area contributed by atoms with Crippen LogP contribution in [-0.2, 0) is 4.79 Å². The molecule has 0 radical (unpaired) electrons. The van der Waals surface area contributed by atoms with E-state index < -0.39 is 0 Å². The van der Waals surface area contributed by atoms with E-state index in [4.69, 9.17) is 34.8 Å². The van der Waals surface area contributed by atoms with Crippen LogP contribution in [-0.4, -0.2) is 26.0 Å². The molecule has 0 saturated heterocycles. The van der Waals surface area contributed by atoms with Crippen molar-refractivity contribution in [3.8, 4) is 0 Å². The zero-order chi connectivity index (χ0) is 13.2. The van der Waals surface area contributed by atoms with Gasteiger partial charge in [-0.05, 0) is 19.1 Å². The number of hydrogen-bond donors (Lipinski definition) is 2. The number of carbonyl (C=O) groups excluding carboxylic acids is 1. The molecule has 3 nitrogen and oxygen atoms in total. The average molecular weight is 297 g/mol. The molecule has 0 unspecified atom stereocenters. The first-order chi connectivity index (χ1) is 7.82. The van der Waals surface area contributed by atoms with Crippen molar-refractivity contribution < 1.29 is 9.69 Å². The molecular formula is C11H14Cl3N2O+. The Hall–Kier alpha value is -0.480. The number of amides is 1. The summed E-state index contributed by atoms with van der Waals surface area (Å²) in [4.78, 5) is 12.9. The molecule has 1 aromatic carbocycles. The summed E-state index contributed by atoms with van der Waals surface area (Å²) in [7, 11) is 3.81. The van der Waals surface area contributed by atoms with Crippen molar-refractivity contribution in [1.82, 2.24) is 0 Å². The number of nitrogens with one attached hydrogen (secondary N) is 2. The summed E-state index contributed by atoms with van der Waals surface area (Å²) in [5.41, 5.74) is 0.471. The van der Waals surface area contributed by atoms with Gasteiger partial charge in [-0.3, -0.25) is 4.79 Å². The summed E-state index contributed by atoms with van der Waals surface area (Å²) in [6.45, 7) is 1.83. The van der Waals surface area contributed by atoms with E-state index in [1.165, 1.54) is 6.07 Å². The van der Waals surface area contributed by atoms with Crippen LogP contribution < -0.4 is 10.2 Å². The van der Waals surface area contributed by atoms with Crippen molar-refractivity contribution >= 4 is 46.4 Å². The Bertz CT molecular complexity index is 435. The van der Waals surface area contributed by atoms with Gasteiger partial charge in [0.15, 0.2) is 6.04 Å². The number of rotatable bonds is 3. The lowest BCUT2D eigenvalue weighted by Crippen LogP contribution is -3.11. The Balaban J connectivity index is 2.89. The summed E-state index contributed by atoms with van der Waals surface area (Å²) in [5, 5.41) is 3.81. The number of hydrogen-bond acceptors (Lipinski definition) is 1. The fourth-order valence-electron chi connectivity index (χ4n) is 1.12. The van der Waals surface area contributed by atoms with Gasteiger partial charge in [0.2, 0.25) is 0 Å². The fourth-order valence-corrected chi connectivity index (χ4v) is 1.72. The van der Waals surface area contributed by atoms with E-state index in [1.807, 2.05) is 21.0 Å². The van der Waals surface area contributed by atoms with Crippen LogP contribution in [0.1, 0.15) is 6.92 Å². The first-order valence-corrected chi connectivity index (χ1v) is 6.21. The minimum Gasteiger partial charge on any atom is -0.330 e. The predicted octanol–water partition coefficient (Wildman–Crippen LogP) is 2.12. The molecule has 0 saturated carbocycles. The van der Waals surface area contributed by atoms with E-state index in [0.717, 1.165) is 4.90 Å². The van der Waals surface area contributed by atoms with Crippen LogP contribution in [0.4, 0.5) is 5.69 Å². The molecule has 0 heterocycles. The zero-order valence-corrected chi connectivity index (χ0v) is 12.0. The number of benzene rings is 1. The highest BCUT2D eigenvalue weighted by atomic mass is 35.5. The lowest BCUT2D eigenvalue weighted by atomic mass is 10.2. The van der Waals surface area contributed by atoms with Crippen LogP contribution in [0.25, 0.3) is 0 Å². The lowest BCUT2D eigenvalue weighted by Gasteiger charge is -2.17. The molecule has 6 heteroatoms. The summed E-state index contributed by atoms with van der Waals surface area (Å²) in [6.07, 6.45) is 0. The van der Waals surface area contributed by atoms with Crippen LogP contribution in [0, 0.1) is 0 Å². The van der Waals surface area contributed by atoms with Crippen LogP contribution in [0.2, 0.25) is 15.1 Å². The van der Waals surface area contributed by atoms with Gasteiger partial charge in [0, 0.05) is 0 Å². The van der Waals surface area contributed by atoms with Gasteiger partial charge in [-0.2, -0.15) is 0 Å². The maximum Gasteiger partial charge on any atom is 0.282 e. The standard InChI is InChI=1S/C11H13Cl3N2O/c1-6(16(2)3)11(17)15-10-5-8(13)7(12)4-9(10)14/h4-6H,1-3H3,(H,15,17)/p+1/t6-/m0/s1. The maximum absolute atomic E-state index is 11.8. The normalized spacial score (nSPS) is 12.6. The molecule has 0 aliphatic heterocycles. The van der Waals surface area contributed by atoms with Crippen LogP contribution in [0.5, 0.6) is 0 Å². The van der Waals surface area contributed by atoms with Gasteiger partial charge in [0.05, 0.1) is 34.9 Å². The van der Waals surface area contributed by atoms with Gasteiger partial charge in [0.1, 0.15) is 0 Å². The molecule has 1 atom stereocenters. The topological polar surface area (TPSA) is 33.5 Å². The van der Waals surface area contributed by atoms with Crippen molar-refractivity contribution in [1.29, 1.82) is 0 Å². The number of quaternary nitrogens is 1. The largest absolute Gasteiger partial charge is 0.330 e. The minimum absolute atomic E-state index is 0.120. The second kappa shape index (κ2) is 5.91. The second-order valence-corrected chi connectivity index (χ2v) is 5.26. The number of halogens is 3. The number of anilines is 1. The van der Waals surface area contributed by atoms with Crippen LogP contribution in [0.3, 0.4) is 0 Å². The van der Waals surface area contributed by atoms with Crippen LogP contribution >= 0.6 is 34.8 Å². The van der Waals surface area contributed by atoms with Gasteiger partial charge in [-0.1, -0.05) is 34.8 Å². The van der Waals surface area contributed by atoms with E-state index >= 15 is 0 Å². The molecule has 0 aromatic heterocycles. The Labute approximate surface area is 116 Å². The first kappa shape index (κ1) is 14.6. The summed E-state index contributed by atoms with van der Waals surface area (Å²) >= 11 is 17.6. The third-order valence-electron chi connectivity index (χ3n) is 2.53. The highest BCUT2D eigenvalue weighted by Gasteiger charge is 2.19. The molecule has 1 amide bonds. The van der Waals surface area contributed by atoms with E-state index in [9.17, 15) is 4.79 Å². The van der Waals surface area contributed by atoms with Gasteiger partial charge >= 0.3 is 0 Å². The van der Waals surface area contributed by atoms with Crippen molar-refractivity contribution in [3.63, 3.8) is 0 Å². The van der Waals surface area contributed by atoms with Crippen LogP contribution in [0.15, 0.2) is 12.1 Å². The second-order valence-electron chi connectivity index (χ2n) is 4.03. The van der Waals surface area contributed by atoms with Crippen molar-refractivity contribution in [2.75, 3.05) is 19.4 Å². The third-order valence-corrected chi connectivity index (χ3v) is 3.56. The van der Waals surface area contributed by atoms with E-state index in [1.54, 1.807) is 6.07 Å². The molecule has 0 bridgehead atoms. The number of carbonyl (C=O) groups is 1. The maximum atomic E-state index is 11.8. The third kappa shape index (κ3) is 3.75. The molecule has 1 aromatic rings. The molecule has 0 spiro atoms. The van der Waals surface area contributed by atoms with Crippen molar-refractivity contribution in [2.24, 2.45) is 0 Å².